The Morgan fingerprint density at radius 3 is 2.74 bits per heavy atom. The van der Waals surface area contributed by atoms with Gasteiger partial charge in [0.25, 0.3) is 5.56 Å². The number of methoxy groups -OCH3 is 1. The number of rotatable bonds is 6. The van der Waals surface area contributed by atoms with Crippen LogP contribution in [0.4, 0.5) is 0 Å². The molecule has 0 spiro atoms. The molecule has 3 heterocycles. The van der Waals surface area contributed by atoms with E-state index < -0.39 is 0 Å². The van der Waals surface area contributed by atoms with E-state index in [9.17, 15) is 9.59 Å². The second-order valence-electron chi connectivity index (χ2n) is 8.56. The van der Waals surface area contributed by atoms with Crippen LogP contribution in [0.1, 0.15) is 32.6 Å². The molecule has 176 valence electrons. The van der Waals surface area contributed by atoms with Gasteiger partial charge in [-0.2, -0.15) is 0 Å². The number of fused-ring (bicyclic) bond motifs is 3. The minimum atomic E-state index is -0.189. The van der Waals surface area contributed by atoms with Crippen molar-refractivity contribution in [2.45, 2.75) is 43.8 Å². The van der Waals surface area contributed by atoms with Crippen LogP contribution in [-0.2, 0) is 4.79 Å². The van der Waals surface area contributed by atoms with Crippen LogP contribution in [0, 0.1) is 0 Å². The fourth-order valence-corrected chi connectivity index (χ4v) is 5.65. The first kappa shape index (κ1) is 22.5. The van der Waals surface area contributed by atoms with Crippen molar-refractivity contribution in [1.82, 2.24) is 19.4 Å². The third kappa shape index (κ3) is 4.07. The first-order valence-corrected chi connectivity index (χ1v) is 12.7. The Balaban J connectivity index is 1.57. The van der Waals surface area contributed by atoms with E-state index in [0.717, 1.165) is 36.7 Å². The number of piperidine rings is 1. The number of para-hydroxylation sites is 1. The molecular weight excluding hydrogens is 448 g/mol. The summed E-state index contributed by atoms with van der Waals surface area (Å²) in [4.78, 5) is 37.0. The van der Waals surface area contributed by atoms with Gasteiger partial charge in [-0.3, -0.25) is 14.2 Å². The number of thioether (sulfide) groups is 1. The number of carbonyl (C=O) groups is 1. The lowest BCUT2D eigenvalue weighted by molar-refractivity contribution is -0.132. The average Bonchev–Trinajstić information content (AvgIpc) is 3.26. The molecule has 0 aliphatic carbocycles. The quantitative estimate of drug-likeness (QED) is 0.321. The number of benzene rings is 2. The number of aromatic nitrogens is 3. The first-order valence-electron chi connectivity index (χ1n) is 11.7. The van der Waals surface area contributed by atoms with Gasteiger partial charge in [0, 0.05) is 23.5 Å². The van der Waals surface area contributed by atoms with E-state index in [1.165, 1.54) is 18.2 Å². The Bertz CT molecular complexity index is 1390. The third-order valence-electron chi connectivity index (χ3n) is 6.57. The fraction of sp³-hybridized carbons (Fsp3) is 0.346. The van der Waals surface area contributed by atoms with Gasteiger partial charge in [0.2, 0.25) is 5.91 Å². The number of H-pyrrole nitrogens is 1. The summed E-state index contributed by atoms with van der Waals surface area (Å²) in [5.41, 5.74) is 2.43. The molecule has 0 saturated carbocycles. The molecule has 5 rings (SSSR count). The van der Waals surface area contributed by atoms with Crippen molar-refractivity contribution in [3.05, 3.63) is 58.9 Å². The predicted octanol–water partition coefficient (Wildman–Crippen LogP) is 4.76. The van der Waals surface area contributed by atoms with Gasteiger partial charge in [0.05, 0.1) is 18.6 Å². The van der Waals surface area contributed by atoms with E-state index in [0.29, 0.717) is 33.7 Å². The molecule has 34 heavy (non-hydrogen) atoms. The molecule has 1 amide bonds. The maximum Gasteiger partial charge on any atom is 0.283 e. The summed E-state index contributed by atoms with van der Waals surface area (Å²) in [6, 6.07) is 15.4. The predicted molar refractivity (Wildman–Crippen MR) is 136 cm³/mol. The lowest BCUT2D eigenvalue weighted by Crippen LogP contribution is -2.44. The molecule has 2 aromatic carbocycles. The molecule has 8 heteroatoms. The summed E-state index contributed by atoms with van der Waals surface area (Å²) < 4.78 is 6.86. The van der Waals surface area contributed by atoms with E-state index in [2.05, 4.69) is 11.9 Å². The summed E-state index contributed by atoms with van der Waals surface area (Å²) in [5.74, 6) is 1.05. The summed E-state index contributed by atoms with van der Waals surface area (Å²) in [7, 11) is 1.61. The summed E-state index contributed by atoms with van der Waals surface area (Å²) in [5, 5.41) is 1.40. The molecule has 1 N–H and O–H groups in total. The Morgan fingerprint density at radius 2 is 1.97 bits per heavy atom. The molecule has 7 nitrogen and oxygen atoms in total. The Hall–Kier alpha value is -3.26. The molecule has 2 aromatic heterocycles. The summed E-state index contributed by atoms with van der Waals surface area (Å²) in [6.45, 7) is 2.94. The van der Waals surface area contributed by atoms with Gasteiger partial charge in [0.15, 0.2) is 5.16 Å². The highest BCUT2D eigenvalue weighted by atomic mass is 32.2. The molecule has 0 bridgehead atoms. The zero-order chi connectivity index (χ0) is 23.7. The number of nitrogens with zero attached hydrogens (tertiary/aromatic N) is 3. The van der Waals surface area contributed by atoms with Gasteiger partial charge in [-0.1, -0.05) is 36.9 Å². The second-order valence-corrected chi connectivity index (χ2v) is 9.50. The molecule has 1 aliphatic heterocycles. The molecule has 1 atom stereocenters. The average molecular weight is 477 g/mol. The van der Waals surface area contributed by atoms with E-state index >= 15 is 0 Å². The van der Waals surface area contributed by atoms with Crippen molar-refractivity contribution in [2.24, 2.45) is 0 Å². The van der Waals surface area contributed by atoms with Crippen molar-refractivity contribution in [3.63, 3.8) is 0 Å². The van der Waals surface area contributed by atoms with Gasteiger partial charge in [-0.05, 0) is 56.0 Å². The van der Waals surface area contributed by atoms with Crippen LogP contribution in [0.3, 0.4) is 0 Å². The van der Waals surface area contributed by atoms with E-state index in [1.807, 2.05) is 53.4 Å². The number of amides is 1. The van der Waals surface area contributed by atoms with Crippen molar-refractivity contribution < 1.29 is 9.53 Å². The Morgan fingerprint density at radius 1 is 1.18 bits per heavy atom. The molecule has 0 unspecified atom stereocenters. The van der Waals surface area contributed by atoms with Crippen molar-refractivity contribution in [2.75, 3.05) is 19.4 Å². The standard InChI is InChI=1S/C26H28N4O3S/c1-3-17-8-6-7-15-29(17)22(31)16-34-26-28-23-20-9-4-5-10-21(20)27-24(23)25(32)30(26)18-11-13-19(33-2)14-12-18/h4-5,9-14,17,27H,3,6-8,15-16H2,1-2H3/t17-/m0/s1. The van der Waals surface area contributed by atoms with Crippen molar-refractivity contribution in [1.29, 1.82) is 0 Å². The van der Waals surface area contributed by atoms with Crippen LogP contribution >= 0.6 is 11.8 Å². The number of carbonyl (C=O) groups excluding carboxylic acids is 1. The number of likely N-dealkylation sites (tertiary alicyclic amines) is 1. The monoisotopic (exact) mass is 476 g/mol. The largest absolute Gasteiger partial charge is 0.497 e. The normalized spacial score (nSPS) is 16.3. The zero-order valence-corrected chi connectivity index (χ0v) is 20.2. The van der Waals surface area contributed by atoms with E-state index in [4.69, 9.17) is 9.72 Å². The topological polar surface area (TPSA) is 80.2 Å². The van der Waals surface area contributed by atoms with Gasteiger partial charge in [-0.15, -0.1) is 0 Å². The van der Waals surface area contributed by atoms with E-state index in [1.54, 1.807) is 11.7 Å². The number of aromatic amines is 1. The number of nitrogens with one attached hydrogen (secondary N) is 1. The smallest absolute Gasteiger partial charge is 0.283 e. The lowest BCUT2D eigenvalue weighted by atomic mass is 10.0. The van der Waals surface area contributed by atoms with Gasteiger partial charge in [0.1, 0.15) is 16.8 Å². The number of hydrogen-bond donors (Lipinski definition) is 1. The maximum atomic E-state index is 13.7. The molecule has 1 aliphatic rings. The van der Waals surface area contributed by atoms with E-state index in [-0.39, 0.29) is 17.2 Å². The van der Waals surface area contributed by atoms with Crippen LogP contribution in [-0.4, -0.2) is 50.8 Å². The Kier molecular flexibility index (Phi) is 6.32. The van der Waals surface area contributed by atoms with Crippen LogP contribution in [0.15, 0.2) is 58.5 Å². The SMILES string of the molecule is CC[C@H]1CCCCN1C(=O)CSc1nc2c([nH]c3ccccc32)c(=O)n1-c1ccc(OC)cc1. The highest BCUT2D eigenvalue weighted by Crippen LogP contribution is 2.28. The molecular formula is C26H28N4O3S. The summed E-state index contributed by atoms with van der Waals surface area (Å²) in [6.07, 6.45) is 4.24. The molecule has 1 saturated heterocycles. The minimum absolute atomic E-state index is 0.103. The van der Waals surface area contributed by atoms with Crippen LogP contribution in [0.25, 0.3) is 27.6 Å². The number of ether oxygens (including phenoxy) is 1. The van der Waals surface area contributed by atoms with Crippen LogP contribution < -0.4 is 10.3 Å². The molecule has 4 aromatic rings. The van der Waals surface area contributed by atoms with Crippen molar-refractivity contribution in [3.8, 4) is 11.4 Å². The van der Waals surface area contributed by atoms with Crippen molar-refractivity contribution >= 4 is 39.6 Å². The van der Waals surface area contributed by atoms with Gasteiger partial charge >= 0.3 is 0 Å². The van der Waals surface area contributed by atoms with Crippen LogP contribution in [0.2, 0.25) is 0 Å². The second kappa shape index (κ2) is 9.54. The highest BCUT2D eigenvalue weighted by molar-refractivity contribution is 7.99. The third-order valence-corrected chi connectivity index (χ3v) is 7.49. The Labute approximate surface area is 202 Å². The van der Waals surface area contributed by atoms with Gasteiger partial charge < -0.3 is 14.6 Å². The molecule has 1 fully saturated rings. The van der Waals surface area contributed by atoms with Crippen LogP contribution in [0.5, 0.6) is 5.75 Å². The fourth-order valence-electron chi connectivity index (χ4n) is 4.76. The maximum absolute atomic E-state index is 13.7. The number of hydrogen-bond acceptors (Lipinski definition) is 5. The lowest BCUT2D eigenvalue weighted by Gasteiger charge is -2.35. The summed E-state index contributed by atoms with van der Waals surface area (Å²) >= 11 is 1.32. The molecule has 0 radical (unpaired) electrons. The first-order chi connectivity index (χ1) is 16.6. The van der Waals surface area contributed by atoms with Gasteiger partial charge in [-0.25, -0.2) is 4.98 Å². The zero-order valence-electron chi connectivity index (χ0n) is 19.4. The highest BCUT2D eigenvalue weighted by Gasteiger charge is 2.26. The minimum Gasteiger partial charge on any atom is -0.497 e.